The fourth-order valence-electron chi connectivity index (χ4n) is 5.30. The van der Waals surface area contributed by atoms with Crippen LogP contribution in [0.25, 0.3) is 11.6 Å². The van der Waals surface area contributed by atoms with Gasteiger partial charge < -0.3 is 19.8 Å². The highest BCUT2D eigenvalue weighted by Crippen LogP contribution is 2.42. The van der Waals surface area contributed by atoms with Crippen LogP contribution in [0, 0.1) is 11.3 Å². The summed E-state index contributed by atoms with van der Waals surface area (Å²) in [5.74, 6) is -2.51. The average Bonchev–Trinajstić information content (AvgIpc) is 3.02. The molecule has 0 saturated carbocycles. The minimum atomic E-state index is -1.26. The Labute approximate surface area is 204 Å². The summed E-state index contributed by atoms with van der Waals surface area (Å²) >= 11 is 0. The topological polar surface area (TPSA) is 111 Å². The fourth-order valence-corrected chi connectivity index (χ4v) is 5.30. The molecule has 0 aromatic heterocycles. The SMILES string of the molecule is CN1C2CCC1CC(OC1c3ccccc3C=C(C#N)c3ccccc31)C2.O=C(O)/C=C/C(=O)O. The highest BCUT2D eigenvalue weighted by atomic mass is 16.5. The number of ether oxygens (including phenoxy) is 1. The molecule has 2 N–H and O–H groups in total. The van der Waals surface area contributed by atoms with E-state index in [9.17, 15) is 14.9 Å². The summed E-state index contributed by atoms with van der Waals surface area (Å²) in [6.45, 7) is 0. The fraction of sp³-hybridized carbons (Fsp3) is 0.321. The molecule has 35 heavy (non-hydrogen) atoms. The maximum Gasteiger partial charge on any atom is 0.328 e. The average molecular weight is 473 g/mol. The lowest BCUT2D eigenvalue weighted by Crippen LogP contribution is -2.43. The molecule has 2 bridgehead atoms. The van der Waals surface area contributed by atoms with Crippen molar-refractivity contribution in [1.82, 2.24) is 4.90 Å². The van der Waals surface area contributed by atoms with E-state index in [-0.39, 0.29) is 12.2 Å². The lowest BCUT2D eigenvalue weighted by atomic mass is 9.94. The number of carbonyl (C=O) groups is 2. The number of allylic oxidation sites excluding steroid dienone is 1. The quantitative estimate of drug-likeness (QED) is 0.630. The van der Waals surface area contributed by atoms with Gasteiger partial charge in [0.05, 0.1) is 17.7 Å². The van der Waals surface area contributed by atoms with Crippen LogP contribution in [0.4, 0.5) is 0 Å². The van der Waals surface area contributed by atoms with Gasteiger partial charge in [0.1, 0.15) is 6.10 Å². The second-order valence-corrected chi connectivity index (χ2v) is 9.06. The molecule has 3 aliphatic rings. The molecule has 180 valence electrons. The molecule has 3 atom stereocenters. The van der Waals surface area contributed by atoms with E-state index in [2.05, 4.69) is 48.3 Å². The molecule has 0 spiro atoms. The number of fused-ring (bicyclic) bond motifs is 4. The van der Waals surface area contributed by atoms with E-state index in [1.807, 2.05) is 24.3 Å². The number of nitrogens with zero attached hydrogens (tertiary/aromatic N) is 2. The van der Waals surface area contributed by atoms with Gasteiger partial charge in [0.2, 0.25) is 0 Å². The normalized spacial score (nSPS) is 24.7. The second-order valence-electron chi connectivity index (χ2n) is 9.06. The molecule has 0 radical (unpaired) electrons. The lowest BCUT2D eigenvalue weighted by molar-refractivity contribution is -0.134. The Hall–Kier alpha value is -3.73. The molecular weight excluding hydrogens is 444 g/mol. The third-order valence-electron chi connectivity index (χ3n) is 6.98. The molecule has 2 fully saturated rings. The van der Waals surface area contributed by atoms with Crippen LogP contribution >= 0.6 is 0 Å². The zero-order chi connectivity index (χ0) is 24.9. The zero-order valence-electron chi connectivity index (χ0n) is 19.5. The molecule has 2 heterocycles. The van der Waals surface area contributed by atoms with Crippen molar-refractivity contribution in [2.75, 3.05) is 7.05 Å². The standard InChI is InChI=1S/C24H24N2O.C4H4O4/c1-26-18-10-11-19(26)14-20(13-18)27-24-22-8-3-2-6-16(22)12-17(15-25)21-7-4-5-9-23(21)24;5-3(6)1-2-4(7)8/h2-9,12,18-20,24H,10-11,13-14H2,1H3;1-2H,(H,5,6)(H,7,8)/b;2-1+. The zero-order valence-corrected chi connectivity index (χ0v) is 19.5. The first-order chi connectivity index (χ1) is 16.9. The van der Waals surface area contributed by atoms with Crippen molar-refractivity contribution in [3.8, 4) is 6.07 Å². The van der Waals surface area contributed by atoms with Crippen LogP contribution in [0.2, 0.25) is 0 Å². The molecule has 5 rings (SSSR count). The number of hydrogen-bond donors (Lipinski definition) is 2. The van der Waals surface area contributed by atoms with Crippen molar-refractivity contribution >= 4 is 23.6 Å². The number of carboxylic acid groups (broad SMARTS) is 2. The van der Waals surface area contributed by atoms with Crippen LogP contribution in [0.5, 0.6) is 0 Å². The van der Waals surface area contributed by atoms with Crippen LogP contribution < -0.4 is 0 Å². The van der Waals surface area contributed by atoms with E-state index in [0.29, 0.717) is 29.8 Å². The summed E-state index contributed by atoms with van der Waals surface area (Å²) < 4.78 is 6.82. The van der Waals surface area contributed by atoms with Gasteiger partial charge in [0, 0.05) is 24.2 Å². The van der Waals surface area contributed by atoms with E-state index >= 15 is 0 Å². The van der Waals surface area contributed by atoms with Gasteiger partial charge in [-0.15, -0.1) is 0 Å². The number of benzene rings is 2. The van der Waals surface area contributed by atoms with Gasteiger partial charge in [-0.2, -0.15) is 5.26 Å². The summed E-state index contributed by atoms with van der Waals surface area (Å²) in [6, 6.07) is 20.3. The van der Waals surface area contributed by atoms with E-state index in [0.717, 1.165) is 29.5 Å². The molecule has 7 nitrogen and oxygen atoms in total. The Kier molecular flexibility index (Phi) is 7.45. The van der Waals surface area contributed by atoms with Crippen molar-refractivity contribution in [3.05, 3.63) is 82.9 Å². The second kappa shape index (κ2) is 10.7. The van der Waals surface area contributed by atoms with Crippen molar-refractivity contribution in [2.24, 2.45) is 0 Å². The maximum absolute atomic E-state index is 9.74. The lowest BCUT2D eigenvalue weighted by Gasteiger charge is -2.38. The number of rotatable bonds is 4. The van der Waals surface area contributed by atoms with Gasteiger partial charge in [0.25, 0.3) is 0 Å². The number of carboxylic acids is 2. The summed E-state index contributed by atoms with van der Waals surface area (Å²) in [4.78, 5) is 21.7. The van der Waals surface area contributed by atoms with Crippen molar-refractivity contribution in [3.63, 3.8) is 0 Å². The van der Waals surface area contributed by atoms with Gasteiger partial charge in [-0.25, -0.2) is 9.59 Å². The summed E-state index contributed by atoms with van der Waals surface area (Å²) in [5.41, 5.74) is 5.08. The van der Waals surface area contributed by atoms with E-state index < -0.39 is 11.9 Å². The predicted molar refractivity (Wildman–Crippen MR) is 131 cm³/mol. The van der Waals surface area contributed by atoms with Crippen molar-refractivity contribution < 1.29 is 24.5 Å². The molecule has 7 heteroatoms. The number of nitriles is 1. The summed E-state index contributed by atoms with van der Waals surface area (Å²) in [6.07, 6.45) is 8.07. The first kappa shape index (κ1) is 24.4. The van der Waals surface area contributed by atoms with Crippen molar-refractivity contribution in [1.29, 1.82) is 5.26 Å². The van der Waals surface area contributed by atoms with Crippen LogP contribution in [-0.2, 0) is 14.3 Å². The van der Waals surface area contributed by atoms with E-state index in [4.69, 9.17) is 14.9 Å². The third-order valence-corrected chi connectivity index (χ3v) is 6.98. The van der Waals surface area contributed by atoms with Gasteiger partial charge in [-0.05, 0) is 61.1 Å². The van der Waals surface area contributed by atoms with Crippen LogP contribution in [0.1, 0.15) is 54.0 Å². The summed E-state index contributed by atoms with van der Waals surface area (Å²) in [5, 5.41) is 25.4. The molecular formula is C28H28N2O5. The summed E-state index contributed by atoms with van der Waals surface area (Å²) in [7, 11) is 2.26. The number of piperidine rings is 1. The Morgan fingerprint density at radius 1 is 0.971 bits per heavy atom. The largest absolute Gasteiger partial charge is 0.478 e. The monoisotopic (exact) mass is 472 g/mol. The van der Waals surface area contributed by atoms with E-state index in [1.54, 1.807) is 0 Å². The minimum Gasteiger partial charge on any atom is -0.478 e. The molecule has 2 aliphatic heterocycles. The highest BCUT2D eigenvalue weighted by molar-refractivity contribution is 5.93. The van der Waals surface area contributed by atoms with Gasteiger partial charge in [0.15, 0.2) is 0 Å². The van der Waals surface area contributed by atoms with Crippen LogP contribution in [0.15, 0.2) is 60.7 Å². The predicted octanol–water partition coefficient (Wildman–Crippen LogP) is 4.51. The molecule has 2 aromatic rings. The van der Waals surface area contributed by atoms with E-state index in [1.165, 1.54) is 18.4 Å². The number of aliphatic carboxylic acids is 2. The van der Waals surface area contributed by atoms with Gasteiger partial charge in [-0.1, -0.05) is 48.5 Å². The van der Waals surface area contributed by atoms with Gasteiger partial charge >= 0.3 is 11.9 Å². The minimum absolute atomic E-state index is 0.118. The molecule has 2 saturated heterocycles. The number of hydrogen-bond acceptors (Lipinski definition) is 5. The Morgan fingerprint density at radius 3 is 2.14 bits per heavy atom. The Morgan fingerprint density at radius 2 is 1.54 bits per heavy atom. The van der Waals surface area contributed by atoms with Crippen LogP contribution in [-0.4, -0.2) is 52.3 Å². The Balaban J connectivity index is 0.000000314. The maximum atomic E-state index is 9.74. The molecule has 0 amide bonds. The van der Waals surface area contributed by atoms with Gasteiger partial charge in [-0.3, -0.25) is 0 Å². The van der Waals surface area contributed by atoms with Crippen LogP contribution in [0.3, 0.4) is 0 Å². The first-order valence-corrected chi connectivity index (χ1v) is 11.7. The third kappa shape index (κ3) is 5.51. The molecule has 2 aromatic carbocycles. The Bertz CT molecular complexity index is 1180. The highest BCUT2D eigenvalue weighted by Gasteiger charge is 2.40. The molecule has 1 aliphatic carbocycles. The molecule has 3 unspecified atom stereocenters. The first-order valence-electron chi connectivity index (χ1n) is 11.7. The smallest absolute Gasteiger partial charge is 0.328 e. The van der Waals surface area contributed by atoms with Crippen molar-refractivity contribution in [2.45, 2.75) is 50.0 Å².